The Labute approximate surface area is 223 Å². The average Bonchev–Trinajstić information content (AvgIpc) is 3.50. The molecular weight excluding hydrogens is 531 g/mol. The molecule has 1 aromatic heterocycles. The number of aliphatic hydroxyl groups excluding tert-OH is 1. The summed E-state index contributed by atoms with van der Waals surface area (Å²) in [6, 6.07) is 18.6. The zero-order valence-electron chi connectivity index (χ0n) is 19.4. The fourth-order valence-electron chi connectivity index (χ4n) is 3.99. The first-order valence-corrected chi connectivity index (χ1v) is 12.9. The normalized spacial score (nSPS) is 16.7. The number of amides is 1. The van der Waals surface area contributed by atoms with Gasteiger partial charge in [-0.15, -0.1) is 10.2 Å². The highest BCUT2D eigenvalue weighted by Crippen LogP contribution is 2.44. The summed E-state index contributed by atoms with van der Waals surface area (Å²) in [7, 11) is 0. The second kappa shape index (κ2) is 10.5. The lowest BCUT2D eigenvalue weighted by Gasteiger charge is -2.22. The van der Waals surface area contributed by atoms with Crippen LogP contribution in [0.3, 0.4) is 0 Å². The number of nitro groups is 1. The first-order valence-electron chi connectivity index (χ1n) is 11.1. The second-order valence-electron chi connectivity index (χ2n) is 8.15. The van der Waals surface area contributed by atoms with Gasteiger partial charge in [0.2, 0.25) is 5.13 Å². The van der Waals surface area contributed by atoms with Gasteiger partial charge in [0.25, 0.3) is 11.5 Å². The minimum atomic E-state index is -1.17. The molecule has 5 rings (SSSR count). The van der Waals surface area contributed by atoms with Crippen LogP contribution in [-0.4, -0.2) is 31.9 Å². The number of nitrogens with zero attached hydrogens (tertiary/aromatic N) is 4. The molecule has 190 valence electrons. The molecule has 12 heteroatoms. The molecule has 1 N–H and O–H groups in total. The van der Waals surface area contributed by atoms with Gasteiger partial charge in [-0.05, 0) is 23.3 Å². The third-order valence-corrected chi connectivity index (χ3v) is 7.89. The summed E-state index contributed by atoms with van der Waals surface area (Å²) < 4.78 is 13.7. The molecule has 1 aliphatic heterocycles. The van der Waals surface area contributed by atoms with Gasteiger partial charge >= 0.3 is 5.91 Å². The van der Waals surface area contributed by atoms with Crippen LogP contribution < -0.4 is 4.90 Å². The Morgan fingerprint density at radius 1 is 1.05 bits per heavy atom. The summed E-state index contributed by atoms with van der Waals surface area (Å²) >= 11 is 2.38. The number of nitro benzene ring substituents is 1. The molecule has 4 aromatic rings. The molecule has 1 fully saturated rings. The van der Waals surface area contributed by atoms with Crippen molar-refractivity contribution in [3.05, 3.63) is 117 Å². The van der Waals surface area contributed by atoms with Crippen molar-refractivity contribution in [2.24, 2.45) is 0 Å². The molecule has 0 spiro atoms. The Morgan fingerprint density at radius 2 is 1.79 bits per heavy atom. The molecule has 0 radical (unpaired) electrons. The monoisotopic (exact) mass is 548 g/mol. The van der Waals surface area contributed by atoms with Crippen molar-refractivity contribution >= 4 is 51.4 Å². The fraction of sp³-hybridized carbons (Fsp3) is 0.0769. The lowest BCUT2D eigenvalue weighted by Crippen LogP contribution is -2.29. The number of non-ortho nitro benzene ring substituents is 1. The Kier molecular flexibility index (Phi) is 6.99. The minimum absolute atomic E-state index is 0.0947. The molecular formula is C26H17FN4O5S2. The van der Waals surface area contributed by atoms with Crippen molar-refractivity contribution < 1.29 is 24.0 Å². The maximum absolute atomic E-state index is 13.3. The number of aliphatic hydroxyl groups is 1. The summed E-state index contributed by atoms with van der Waals surface area (Å²) in [4.78, 5) is 38.5. The van der Waals surface area contributed by atoms with E-state index >= 15 is 0 Å². The number of ketones is 1. The van der Waals surface area contributed by atoms with Crippen molar-refractivity contribution in [1.82, 2.24) is 10.2 Å². The number of thioether (sulfide) groups is 1. The van der Waals surface area contributed by atoms with Crippen molar-refractivity contribution in [1.29, 1.82) is 0 Å². The lowest BCUT2D eigenvalue weighted by molar-refractivity contribution is -0.384. The van der Waals surface area contributed by atoms with E-state index in [4.69, 9.17) is 0 Å². The van der Waals surface area contributed by atoms with Crippen molar-refractivity contribution in [3.63, 3.8) is 0 Å². The van der Waals surface area contributed by atoms with E-state index in [2.05, 4.69) is 10.2 Å². The highest BCUT2D eigenvalue weighted by atomic mass is 32.2. The maximum Gasteiger partial charge on any atom is 0.301 e. The van der Waals surface area contributed by atoms with E-state index in [9.17, 15) is 29.2 Å². The summed E-state index contributed by atoms with van der Waals surface area (Å²) in [6.45, 7) is 0. The minimum Gasteiger partial charge on any atom is -0.507 e. The van der Waals surface area contributed by atoms with Crippen LogP contribution in [-0.2, 0) is 15.3 Å². The number of carbonyl (C=O) groups is 2. The number of hydrogen-bond donors (Lipinski definition) is 1. The number of carbonyl (C=O) groups excluding carboxylic acids is 2. The highest BCUT2D eigenvalue weighted by Gasteiger charge is 2.48. The van der Waals surface area contributed by atoms with Gasteiger partial charge < -0.3 is 5.11 Å². The molecule has 3 aromatic carbocycles. The third kappa shape index (κ3) is 4.91. The van der Waals surface area contributed by atoms with E-state index < -0.39 is 28.4 Å². The van der Waals surface area contributed by atoms with Crippen molar-refractivity contribution in [2.45, 2.75) is 16.1 Å². The molecule has 2 heterocycles. The largest absolute Gasteiger partial charge is 0.507 e. The van der Waals surface area contributed by atoms with Gasteiger partial charge in [-0.25, -0.2) is 4.39 Å². The van der Waals surface area contributed by atoms with E-state index in [1.165, 1.54) is 42.1 Å². The number of hydrogen-bond acceptors (Lipinski definition) is 9. The van der Waals surface area contributed by atoms with E-state index in [0.29, 0.717) is 15.7 Å². The molecule has 1 saturated heterocycles. The van der Waals surface area contributed by atoms with Crippen LogP contribution in [0.5, 0.6) is 0 Å². The smallest absolute Gasteiger partial charge is 0.301 e. The molecule has 0 aliphatic carbocycles. The van der Waals surface area contributed by atoms with E-state index in [0.717, 1.165) is 21.8 Å². The van der Waals surface area contributed by atoms with E-state index in [-0.39, 0.29) is 27.8 Å². The molecule has 1 amide bonds. The topological polar surface area (TPSA) is 127 Å². The summed E-state index contributed by atoms with van der Waals surface area (Å²) in [5, 5.41) is 30.9. The molecule has 1 unspecified atom stereocenters. The molecule has 0 bridgehead atoms. The van der Waals surface area contributed by atoms with Gasteiger partial charge in [-0.1, -0.05) is 77.7 Å². The van der Waals surface area contributed by atoms with Crippen molar-refractivity contribution in [3.8, 4) is 0 Å². The van der Waals surface area contributed by atoms with E-state index in [1.54, 1.807) is 48.5 Å². The van der Waals surface area contributed by atoms with Gasteiger partial charge in [0, 0.05) is 23.4 Å². The van der Waals surface area contributed by atoms with Gasteiger partial charge in [0.05, 0.1) is 16.5 Å². The third-order valence-electron chi connectivity index (χ3n) is 5.77. The number of Topliss-reactive ketones (excluding diaryl/α,β-unsaturated/α-hetero) is 1. The number of aromatic nitrogens is 2. The highest BCUT2D eigenvalue weighted by molar-refractivity contribution is 8.00. The lowest BCUT2D eigenvalue weighted by atomic mass is 9.95. The van der Waals surface area contributed by atoms with Gasteiger partial charge in [-0.2, -0.15) is 0 Å². The van der Waals surface area contributed by atoms with Crippen LogP contribution in [0.2, 0.25) is 0 Å². The standard InChI is InChI=1S/C26H17FN4O5S2/c27-18-11-9-15(10-12-18)14-37-26-29-28-25(38-26)30-21(17-7-4-8-19(13-17)31(35)36)20(23(33)24(30)34)22(32)16-5-2-1-3-6-16/h1-13,21,32H,14H2/b22-20-. The number of halogens is 1. The zero-order valence-corrected chi connectivity index (χ0v) is 21.0. The Bertz CT molecular complexity index is 1570. The number of anilines is 1. The summed E-state index contributed by atoms with van der Waals surface area (Å²) in [5.41, 5.74) is 0.978. The molecule has 0 saturated carbocycles. The predicted octanol–water partition coefficient (Wildman–Crippen LogP) is 5.50. The summed E-state index contributed by atoms with van der Waals surface area (Å²) in [5.74, 6) is -2.16. The number of rotatable bonds is 7. The zero-order chi connectivity index (χ0) is 26.8. The van der Waals surface area contributed by atoms with Crippen LogP contribution in [0.1, 0.15) is 22.7 Å². The van der Waals surface area contributed by atoms with E-state index in [1.807, 2.05) is 0 Å². The quantitative estimate of drug-likeness (QED) is 0.0610. The van der Waals surface area contributed by atoms with Crippen LogP contribution in [0, 0.1) is 15.9 Å². The van der Waals surface area contributed by atoms with Crippen LogP contribution in [0.15, 0.2) is 88.8 Å². The van der Waals surface area contributed by atoms with Crippen molar-refractivity contribution in [2.75, 3.05) is 4.90 Å². The molecule has 38 heavy (non-hydrogen) atoms. The Balaban J connectivity index is 1.56. The van der Waals surface area contributed by atoms with Gasteiger partial charge in [0.15, 0.2) is 4.34 Å². The Morgan fingerprint density at radius 3 is 2.50 bits per heavy atom. The van der Waals surface area contributed by atoms with Gasteiger partial charge in [-0.3, -0.25) is 24.6 Å². The predicted molar refractivity (Wildman–Crippen MR) is 140 cm³/mol. The van der Waals surface area contributed by atoms with Crippen LogP contribution in [0.4, 0.5) is 15.2 Å². The molecule has 1 atom stereocenters. The van der Waals surface area contributed by atoms with Crippen LogP contribution >= 0.6 is 23.1 Å². The average molecular weight is 549 g/mol. The maximum atomic E-state index is 13.3. The summed E-state index contributed by atoms with van der Waals surface area (Å²) in [6.07, 6.45) is 0. The molecule has 1 aliphatic rings. The second-order valence-corrected chi connectivity index (χ2v) is 10.3. The SMILES string of the molecule is O=C1C(=O)N(c2nnc(SCc3ccc(F)cc3)s2)C(c2cccc([N+](=O)[O-])c2)/C1=C(/O)c1ccccc1. The first kappa shape index (κ1) is 25.2. The number of benzene rings is 3. The fourth-order valence-corrected chi connectivity index (χ4v) is 5.81. The molecule has 9 nitrogen and oxygen atoms in total. The van der Waals surface area contributed by atoms with Crippen LogP contribution in [0.25, 0.3) is 5.76 Å². The van der Waals surface area contributed by atoms with Gasteiger partial charge in [0.1, 0.15) is 11.6 Å². The first-order chi connectivity index (χ1) is 18.3. The Hall–Kier alpha value is -4.42.